The highest BCUT2D eigenvalue weighted by Crippen LogP contribution is 2.78. The van der Waals surface area contributed by atoms with Crippen LogP contribution in [0.1, 0.15) is 132 Å². The predicted octanol–water partition coefficient (Wildman–Crippen LogP) is 6.94. The molecule has 4 heteroatoms. The minimum Gasteiger partial charge on any atom is -0.390 e. The Morgan fingerprint density at radius 2 is 1.28 bits per heavy atom. The van der Waals surface area contributed by atoms with Gasteiger partial charge in [-0.15, -0.1) is 0 Å². The summed E-state index contributed by atoms with van der Waals surface area (Å²) < 4.78 is 0. The smallest absolute Gasteiger partial charge is 0.107 e. The van der Waals surface area contributed by atoms with E-state index in [-0.39, 0.29) is 6.54 Å². The molecule has 0 unspecified atom stereocenters. The Balaban J connectivity index is 1.33. The Labute approximate surface area is 240 Å². The van der Waals surface area contributed by atoms with Crippen LogP contribution in [0.15, 0.2) is 0 Å². The van der Waals surface area contributed by atoms with Gasteiger partial charge in [0.15, 0.2) is 0 Å². The maximum Gasteiger partial charge on any atom is 0.107 e. The van der Waals surface area contributed by atoms with E-state index in [1.807, 2.05) is 0 Å². The van der Waals surface area contributed by atoms with E-state index in [1.165, 1.54) is 70.6 Å². The summed E-state index contributed by atoms with van der Waals surface area (Å²) in [6.45, 7) is 18.4. The topological polar surface area (TPSA) is 86.7 Å². The van der Waals surface area contributed by atoms with Crippen LogP contribution >= 0.6 is 0 Å². The van der Waals surface area contributed by atoms with E-state index < -0.39 is 18.3 Å². The second-order valence-corrected chi connectivity index (χ2v) is 17.2. The minimum absolute atomic E-state index is 0.0195. The van der Waals surface area contributed by atoms with Crippen molar-refractivity contribution in [2.45, 2.75) is 150 Å². The molecule has 0 saturated heterocycles. The van der Waals surface area contributed by atoms with Crippen LogP contribution in [-0.4, -0.2) is 40.2 Å². The molecule has 5 aliphatic rings. The molecule has 0 amide bonds. The van der Waals surface area contributed by atoms with Gasteiger partial charge in [0.1, 0.15) is 6.10 Å². The van der Waals surface area contributed by atoms with Crippen LogP contribution < -0.4 is 5.73 Å². The van der Waals surface area contributed by atoms with Crippen LogP contribution in [-0.2, 0) is 0 Å². The lowest BCUT2D eigenvalue weighted by Gasteiger charge is -2.73. The van der Waals surface area contributed by atoms with Crippen LogP contribution in [0.5, 0.6) is 0 Å². The zero-order valence-corrected chi connectivity index (χ0v) is 26.5. The maximum atomic E-state index is 10.5. The van der Waals surface area contributed by atoms with E-state index >= 15 is 0 Å². The van der Waals surface area contributed by atoms with Crippen molar-refractivity contribution >= 4 is 0 Å². The lowest BCUT2D eigenvalue weighted by atomic mass is 9.32. The molecule has 5 fully saturated rings. The summed E-state index contributed by atoms with van der Waals surface area (Å²) in [6, 6.07) is 0. The molecule has 0 bridgehead atoms. The molecule has 5 aliphatic carbocycles. The first kappa shape index (κ1) is 30.3. The van der Waals surface area contributed by atoms with Gasteiger partial charge in [0.05, 0.1) is 12.2 Å². The van der Waals surface area contributed by atoms with Gasteiger partial charge < -0.3 is 21.1 Å². The van der Waals surface area contributed by atoms with Crippen LogP contribution in [0.3, 0.4) is 0 Å². The number of aliphatic hydroxyl groups is 3. The standard InChI is InChI=1S/C35H63NO3/c1-22(9-10-25(37)30(39)26(38)21-36)23-13-18-32(4)24(23)14-19-34(6)28(32)11-12-29-33(5)17-8-16-31(2,3)27(33)15-20-35(29,34)7/h22-30,37-39H,8-21,36H2,1-7H3/t22-,23-,24+,25-,26+,27+,28-,29-,30+,32-,33+,34-,35-/m1/s1. The van der Waals surface area contributed by atoms with Crippen molar-refractivity contribution in [1.82, 2.24) is 0 Å². The molecule has 0 aliphatic heterocycles. The number of fused-ring (bicyclic) bond motifs is 7. The Morgan fingerprint density at radius 1 is 0.667 bits per heavy atom. The molecule has 13 atom stereocenters. The van der Waals surface area contributed by atoms with Gasteiger partial charge in [-0.05, 0) is 140 Å². The Bertz CT molecular complexity index is 891. The highest BCUT2D eigenvalue weighted by Gasteiger charge is 2.70. The second-order valence-electron chi connectivity index (χ2n) is 17.2. The van der Waals surface area contributed by atoms with Crippen molar-refractivity contribution in [2.75, 3.05) is 6.54 Å². The highest BCUT2D eigenvalue weighted by molar-refractivity contribution is 5.19. The summed E-state index contributed by atoms with van der Waals surface area (Å²) in [5.74, 6) is 4.61. The minimum atomic E-state index is -1.14. The molecule has 5 saturated carbocycles. The van der Waals surface area contributed by atoms with Crippen molar-refractivity contribution in [2.24, 2.45) is 68.3 Å². The largest absolute Gasteiger partial charge is 0.390 e. The third kappa shape index (κ3) is 4.42. The summed E-state index contributed by atoms with van der Waals surface area (Å²) >= 11 is 0. The van der Waals surface area contributed by atoms with Crippen molar-refractivity contribution in [3.8, 4) is 0 Å². The van der Waals surface area contributed by atoms with Crippen molar-refractivity contribution in [3.63, 3.8) is 0 Å². The molecule has 0 radical (unpaired) electrons. The van der Waals surface area contributed by atoms with E-state index in [0.29, 0.717) is 45.3 Å². The quantitative estimate of drug-likeness (QED) is 0.279. The predicted molar refractivity (Wildman–Crippen MR) is 160 cm³/mol. The van der Waals surface area contributed by atoms with Gasteiger partial charge in [-0.25, -0.2) is 0 Å². The van der Waals surface area contributed by atoms with Crippen molar-refractivity contribution in [1.29, 1.82) is 0 Å². The van der Waals surface area contributed by atoms with Gasteiger partial charge in [-0.2, -0.15) is 0 Å². The summed E-state index contributed by atoms with van der Waals surface area (Å²) in [5, 5.41) is 30.6. The lowest BCUT2D eigenvalue weighted by Crippen LogP contribution is -2.65. The van der Waals surface area contributed by atoms with E-state index in [0.717, 1.165) is 30.1 Å². The van der Waals surface area contributed by atoms with Crippen LogP contribution in [0.4, 0.5) is 0 Å². The molecular formula is C35H63NO3. The molecule has 5 rings (SSSR count). The van der Waals surface area contributed by atoms with E-state index in [1.54, 1.807) is 0 Å². The fourth-order valence-electron chi connectivity index (χ4n) is 13.2. The Kier molecular flexibility index (Phi) is 7.95. The van der Waals surface area contributed by atoms with Gasteiger partial charge in [-0.3, -0.25) is 0 Å². The monoisotopic (exact) mass is 545 g/mol. The van der Waals surface area contributed by atoms with Crippen LogP contribution in [0, 0.1) is 62.6 Å². The van der Waals surface area contributed by atoms with E-state index in [4.69, 9.17) is 5.73 Å². The fraction of sp³-hybridized carbons (Fsp3) is 1.00. The zero-order chi connectivity index (χ0) is 28.6. The third-order valence-corrected chi connectivity index (χ3v) is 15.4. The molecule has 0 heterocycles. The van der Waals surface area contributed by atoms with Crippen LogP contribution in [0.2, 0.25) is 0 Å². The van der Waals surface area contributed by atoms with E-state index in [2.05, 4.69) is 48.5 Å². The zero-order valence-electron chi connectivity index (χ0n) is 26.5. The molecule has 0 aromatic carbocycles. The number of aliphatic hydroxyl groups excluding tert-OH is 3. The number of nitrogens with two attached hydrogens (primary N) is 1. The van der Waals surface area contributed by atoms with Gasteiger partial charge >= 0.3 is 0 Å². The first-order valence-electron chi connectivity index (χ1n) is 16.9. The summed E-state index contributed by atoms with van der Waals surface area (Å²) in [6.07, 6.45) is 13.8. The average Bonchev–Trinajstić information content (AvgIpc) is 3.23. The number of hydrogen-bond donors (Lipinski definition) is 4. The Hall–Kier alpha value is -0.160. The number of hydrogen-bond acceptors (Lipinski definition) is 4. The summed E-state index contributed by atoms with van der Waals surface area (Å²) in [7, 11) is 0. The normalized spacial score (nSPS) is 50.1. The third-order valence-electron chi connectivity index (χ3n) is 15.4. The molecule has 39 heavy (non-hydrogen) atoms. The highest BCUT2D eigenvalue weighted by atomic mass is 16.4. The lowest BCUT2D eigenvalue weighted by molar-refractivity contribution is -0.241. The first-order valence-corrected chi connectivity index (χ1v) is 16.9. The second kappa shape index (κ2) is 10.2. The first-order chi connectivity index (χ1) is 18.2. The summed E-state index contributed by atoms with van der Waals surface area (Å²) in [5.41, 5.74) is 7.83. The molecular weight excluding hydrogens is 482 g/mol. The molecule has 0 spiro atoms. The molecule has 0 aromatic rings. The number of rotatable bonds is 7. The Morgan fingerprint density at radius 3 is 1.92 bits per heavy atom. The molecule has 0 aromatic heterocycles. The molecule has 5 N–H and O–H groups in total. The fourth-order valence-corrected chi connectivity index (χ4v) is 13.2. The van der Waals surface area contributed by atoms with Gasteiger partial charge in [0, 0.05) is 6.54 Å². The van der Waals surface area contributed by atoms with Crippen molar-refractivity contribution < 1.29 is 15.3 Å². The van der Waals surface area contributed by atoms with E-state index in [9.17, 15) is 15.3 Å². The van der Waals surface area contributed by atoms with Gasteiger partial charge in [0.25, 0.3) is 0 Å². The molecule has 4 nitrogen and oxygen atoms in total. The molecule has 226 valence electrons. The van der Waals surface area contributed by atoms with Crippen LogP contribution in [0.25, 0.3) is 0 Å². The maximum absolute atomic E-state index is 10.5. The average molecular weight is 546 g/mol. The SMILES string of the molecule is C[C@H](CC[C@@H](O)[C@H](O)[C@@H](O)CN)[C@H]1CC[C@@]2(C)[C@H]3CC[C@@H]4[C@@]5(C)CCCC(C)(C)[C@@H]5CC[C@@]4(C)[C@]3(C)CC[C@@H]12. The summed E-state index contributed by atoms with van der Waals surface area (Å²) in [4.78, 5) is 0. The van der Waals surface area contributed by atoms with Crippen molar-refractivity contribution in [3.05, 3.63) is 0 Å². The van der Waals surface area contributed by atoms with Gasteiger partial charge in [-0.1, -0.05) is 54.9 Å². The van der Waals surface area contributed by atoms with Gasteiger partial charge in [0.2, 0.25) is 0 Å².